The minimum atomic E-state index is -0.304. The summed E-state index contributed by atoms with van der Waals surface area (Å²) in [7, 11) is 0. The van der Waals surface area contributed by atoms with Crippen molar-refractivity contribution < 1.29 is 4.79 Å². The number of piperazine rings is 1. The van der Waals surface area contributed by atoms with Crippen molar-refractivity contribution in [1.29, 1.82) is 0 Å². The number of rotatable bonds is 3. The van der Waals surface area contributed by atoms with Crippen LogP contribution in [0.3, 0.4) is 0 Å². The van der Waals surface area contributed by atoms with Crippen LogP contribution in [-0.4, -0.2) is 53.5 Å². The first-order valence-electron chi connectivity index (χ1n) is 6.65. The average molecular weight is 241 g/mol. The highest BCUT2D eigenvalue weighted by molar-refractivity contribution is 5.81. The third-order valence-corrected chi connectivity index (χ3v) is 3.46. The number of carbonyl (C=O) groups excluding carboxylic acids is 1. The van der Waals surface area contributed by atoms with E-state index in [9.17, 15) is 4.79 Å². The van der Waals surface area contributed by atoms with E-state index in [2.05, 4.69) is 32.6 Å². The molecule has 0 aromatic heterocycles. The molecule has 4 nitrogen and oxygen atoms in total. The van der Waals surface area contributed by atoms with E-state index < -0.39 is 0 Å². The molecule has 0 aromatic rings. The molecule has 0 spiro atoms. The van der Waals surface area contributed by atoms with Gasteiger partial charge in [-0.1, -0.05) is 13.3 Å². The Balaban J connectivity index is 2.44. The highest BCUT2D eigenvalue weighted by Gasteiger charge is 2.29. The van der Waals surface area contributed by atoms with Crippen molar-refractivity contribution in [2.75, 3.05) is 26.2 Å². The van der Waals surface area contributed by atoms with Gasteiger partial charge in [-0.05, 0) is 27.2 Å². The lowest BCUT2D eigenvalue weighted by atomic mass is 10.0. The Hall–Kier alpha value is -0.610. The summed E-state index contributed by atoms with van der Waals surface area (Å²) >= 11 is 0. The second kappa shape index (κ2) is 5.83. The summed E-state index contributed by atoms with van der Waals surface area (Å²) in [6.45, 7) is 12.2. The number of nitrogens with two attached hydrogens (primary N) is 1. The number of hydrogen-bond acceptors (Lipinski definition) is 3. The highest BCUT2D eigenvalue weighted by atomic mass is 16.2. The van der Waals surface area contributed by atoms with Crippen molar-refractivity contribution in [3.63, 3.8) is 0 Å². The number of carbonyl (C=O) groups is 1. The van der Waals surface area contributed by atoms with E-state index in [1.54, 1.807) is 0 Å². The van der Waals surface area contributed by atoms with Gasteiger partial charge in [0.1, 0.15) is 0 Å². The molecule has 0 bridgehead atoms. The second-order valence-corrected chi connectivity index (χ2v) is 5.88. The molecule has 0 saturated carbocycles. The molecule has 1 atom stereocenters. The zero-order chi connectivity index (χ0) is 13.1. The fourth-order valence-electron chi connectivity index (χ4n) is 2.27. The Labute approximate surface area is 105 Å². The van der Waals surface area contributed by atoms with E-state index >= 15 is 0 Å². The molecule has 1 aliphatic heterocycles. The standard InChI is InChI=1S/C13H27N3O/c1-5-6-11(14)12(17)15-7-9-16(10-8-15)13(2,3)4/h11H,5-10,14H2,1-4H3/t11-/m0/s1. The number of amides is 1. The zero-order valence-corrected chi connectivity index (χ0v) is 11.7. The minimum absolute atomic E-state index is 0.125. The summed E-state index contributed by atoms with van der Waals surface area (Å²) in [4.78, 5) is 16.4. The molecule has 1 saturated heterocycles. The van der Waals surface area contributed by atoms with Gasteiger partial charge in [0.05, 0.1) is 6.04 Å². The van der Waals surface area contributed by atoms with E-state index in [4.69, 9.17) is 5.73 Å². The van der Waals surface area contributed by atoms with Crippen molar-refractivity contribution in [3.05, 3.63) is 0 Å². The van der Waals surface area contributed by atoms with Crippen molar-refractivity contribution >= 4 is 5.91 Å². The van der Waals surface area contributed by atoms with Crippen LogP contribution < -0.4 is 5.73 Å². The van der Waals surface area contributed by atoms with Crippen LogP contribution in [0.1, 0.15) is 40.5 Å². The summed E-state index contributed by atoms with van der Waals surface area (Å²) < 4.78 is 0. The fourth-order valence-corrected chi connectivity index (χ4v) is 2.27. The van der Waals surface area contributed by atoms with Crippen LogP contribution in [0.15, 0.2) is 0 Å². The number of hydrogen-bond donors (Lipinski definition) is 1. The predicted octanol–water partition coefficient (Wildman–Crippen LogP) is 1.06. The van der Waals surface area contributed by atoms with Gasteiger partial charge in [-0.2, -0.15) is 0 Å². The molecule has 0 aliphatic carbocycles. The lowest BCUT2D eigenvalue weighted by Gasteiger charge is -2.42. The van der Waals surface area contributed by atoms with Gasteiger partial charge in [-0.25, -0.2) is 0 Å². The molecule has 1 heterocycles. The third kappa shape index (κ3) is 3.96. The normalized spacial score (nSPS) is 20.4. The molecular weight excluding hydrogens is 214 g/mol. The zero-order valence-electron chi connectivity index (χ0n) is 11.7. The van der Waals surface area contributed by atoms with Gasteiger partial charge in [-0.15, -0.1) is 0 Å². The monoisotopic (exact) mass is 241 g/mol. The summed E-state index contributed by atoms with van der Waals surface area (Å²) in [5.74, 6) is 0.125. The van der Waals surface area contributed by atoms with E-state index in [-0.39, 0.29) is 17.5 Å². The van der Waals surface area contributed by atoms with Crippen LogP contribution in [0.4, 0.5) is 0 Å². The van der Waals surface area contributed by atoms with E-state index in [1.807, 2.05) is 4.90 Å². The van der Waals surface area contributed by atoms with Gasteiger partial charge in [0.15, 0.2) is 0 Å². The molecule has 1 rings (SSSR count). The molecule has 0 radical (unpaired) electrons. The van der Waals surface area contributed by atoms with Crippen LogP contribution in [0, 0.1) is 0 Å². The molecule has 100 valence electrons. The Bertz CT molecular complexity index is 252. The van der Waals surface area contributed by atoms with Crippen LogP contribution >= 0.6 is 0 Å². The van der Waals surface area contributed by atoms with Gasteiger partial charge < -0.3 is 10.6 Å². The first kappa shape index (κ1) is 14.5. The van der Waals surface area contributed by atoms with Crippen molar-refractivity contribution in [2.45, 2.75) is 52.1 Å². The van der Waals surface area contributed by atoms with Gasteiger partial charge in [0.2, 0.25) is 5.91 Å². The molecule has 17 heavy (non-hydrogen) atoms. The first-order chi connectivity index (χ1) is 7.86. The summed E-state index contributed by atoms with van der Waals surface area (Å²) in [6.07, 6.45) is 1.76. The van der Waals surface area contributed by atoms with Crippen molar-refractivity contribution in [2.24, 2.45) is 5.73 Å². The SMILES string of the molecule is CCC[C@H](N)C(=O)N1CCN(C(C)(C)C)CC1. The minimum Gasteiger partial charge on any atom is -0.339 e. The average Bonchev–Trinajstić information content (AvgIpc) is 2.27. The van der Waals surface area contributed by atoms with Crippen LogP contribution in [0.25, 0.3) is 0 Å². The van der Waals surface area contributed by atoms with Gasteiger partial charge in [0.25, 0.3) is 0 Å². The van der Waals surface area contributed by atoms with Crippen LogP contribution in [0.2, 0.25) is 0 Å². The lowest BCUT2D eigenvalue weighted by molar-refractivity contribution is -0.135. The molecular formula is C13H27N3O. The maximum Gasteiger partial charge on any atom is 0.239 e. The molecule has 0 unspecified atom stereocenters. The smallest absolute Gasteiger partial charge is 0.239 e. The molecule has 0 aromatic carbocycles. The summed E-state index contributed by atoms with van der Waals surface area (Å²) in [5.41, 5.74) is 6.07. The van der Waals surface area contributed by atoms with Crippen LogP contribution in [-0.2, 0) is 4.79 Å². The highest BCUT2D eigenvalue weighted by Crippen LogP contribution is 2.16. The Morgan fingerprint density at radius 1 is 1.24 bits per heavy atom. The van der Waals surface area contributed by atoms with Crippen molar-refractivity contribution in [1.82, 2.24) is 9.80 Å². The molecule has 1 amide bonds. The van der Waals surface area contributed by atoms with Gasteiger partial charge >= 0.3 is 0 Å². The molecule has 4 heteroatoms. The van der Waals surface area contributed by atoms with Gasteiger partial charge in [-0.3, -0.25) is 9.69 Å². The van der Waals surface area contributed by atoms with E-state index in [0.29, 0.717) is 0 Å². The van der Waals surface area contributed by atoms with Gasteiger partial charge in [0, 0.05) is 31.7 Å². The molecule has 2 N–H and O–H groups in total. The Morgan fingerprint density at radius 3 is 2.18 bits per heavy atom. The quantitative estimate of drug-likeness (QED) is 0.803. The maximum atomic E-state index is 12.0. The lowest BCUT2D eigenvalue weighted by Crippen LogP contribution is -2.57. The van der Waals surface area contributed by atoms with E-state index in [0.717, 1.165) is 39.0 Å². The van der Waals surface area contributed by atoms with Crippen molar-refractivity contribution in [3.8, 4) is 0 Å². The number of nitrogens with zero attached hydrogens (tertiary/aromatic N) is 2. The topological polar surface area (TPSA) is 49.6 Å². The predicted molar refractivity (Wildman–Crippen MR) is 70.8 cm³/mol. The summed E-state index contributed by atoms with van der Waals surface area (Å²) in [5, 5.41) is 0. The summed E-state index contributed by atoms with van der Waals surface area (Å²) in [6, 6.07) is -0.304. The Morgan fingerprint density at radius 2 is 1.76 bits per heavy atom. The third-order valence-electron chi connectivity index (χ3n) is 3.46. The molecule has 1 fully saturated rings. The molecule has 1 aliphatic rings. The second-order valence-electron chi connectivity index (χ2n) is 5.88. The maximum absolute atomic E-state index is 12.0. The Kier molecular flexibility index (Phi) is 4.95. The first-order valence-corrected chi connectivity index (χ1v) is 6.65. The largest absolute Gasteiger partial charge is 0.339 e. The van der Waals surface area contributed by atoms with Crippen LogP contribution in [0.5, 0.6) is 0 Å². The van der Waals surface area contributed by atoms with E-state index in [1.165, 1.54) is 0 Å². The fraction of sp³-hybridized carbons (Fsp3) is 0.923.